The van der Waals surface area contributed by atoms with Crippen LogP contribution in [0.5, 0.6) is 5.75 Å². The lowest BCUT2D eigenvalue weighted by Gasteiger charge is -2.31. The van der Waals surface area contributed by atoms with Crippen molar-refractivity contribution in [3.8, 4) is 16.9 Å². The molecule has 1 saturated carbocycles. The number of hydrogen-bond acceptors (Lipinski definition) is 4. The van der Waals surface area contributed by atoms with Crippen molar-refractivity contribution in [2.24, 2.45) is 11.0 Å². The van der Waals surface area contributed by atoms with Gasteiger partial charge in [0.2, 0.25) is 0 Å². The summed E-state index contributed by atoms with van der Waals surface area (Å²) in [6.07, 6.45) is -0.377. The van der Waals surface area contributed by atoms with E-state index in [1.165, 1.54) is 12.1 Å². The first-order valence-corrected chi connectivity index (χ1v) is 12.3. The zero-order valence-corrected chi connectivity index (χ0v) is 20.1. The van der Waals surface area contributed by atoms with E-state index >= 15 is 0 Å². The molecule has 1 unspecified atom stereocenters. The Bertz CT molecular complexity index is 1210. The molecule has 0 saturated heterocycles. The maximum Gasteiger partial charge on any atom is 0.416 e. The third kappa shape index (κ3) is 4.98. The van der Waals surface area contributed by atoms with Crippen molar-refractivity contribution < 1.29 is 23.0 Å². The number of aliphatic hydroxyl groups is 1. The van der Waals surface area contributed by atoms with Gasteiger partial charge in [0.05, 0.1) is 36.2 Å². The first-order valence-electron chi connectivity index (χ1n) is 12.3. The van der Waals surface area contributed by atoms with Crippen LogP contribution in [0.2, 0.25) is 0 Å². The fourth-order valence-electron chi connectivity index (χ4n) is 5.29. The van der Waals surface area contributed by atoms with Gasteiger partial charge in [-0.3, -0.25) is 5.01 Å². The van der Waals surface area contributed by atoms with Crippen LogP contribution >= 0.6 is 0 Å². The Hall–Kier alpha value is -3.32. The lowest BCUT2D eigenvalue weighted by Crippen LogP contribution is -2.36. The highest BCUT2D eigenvalue weighted by molar-refractivity contribution is 6.05. The van der Waals surface area contributed by atoms with Gasteiger partial charge in [0.1, 0.15) is 5.75 Å². The number of hydrazone groups is 1. The van der Waals surface area contributed by atoms with E-state index in [-0.39, 0.29) is 18.1 Å². The molecule has 1 aliphatic heterocycles. The Morgan fingerprint density at radius 3 is 2.03 bits per heavy atom. The van der Waals surface area contributed by atoms with E-state index in [1.807, 2.05) is 48.5 Å². The van der Waals surface area contributed by atoms with Gasteiger partial charge in [0.15, 0.2) is 0 Å². The van der Waals surface area contributed by atoms with E-state index in [2.05, 4.69) is 5.01 Å². The summed E-state index contributed by atoms with van der Waals surface area (Å²) in [5.74, 6) is 1.02. The minimum atomic E-state index is -4.34. The normalized spacial score (nSPS) is 22.4. The van der Waals surface area contributed by atoms with Gasteiger partial charge in [0, 0.05) is 5.92 Å². The number of anilines is 1. The molecule has 2 aliphatic rings. The van der Waals surface area contributed by atoms with Crippen molar-refractivity contribution in [1.82, 2.24) is 0 Å². The molecule has 0 spiro atoms. The molecule has 0 radical (unpaired) electrons. The highest BCUT2D eigenvalue weighted by atomic mass is 19.4. The van der Waals surface area contributed by atoms with Gasteiger partial charge in [-0.2, -0.15) is 18.3 Å². The number of ether oxygens (including phenoxy) is 1. The number of hydrogen-bond donors (Lipinski definition) is 1. The molecule has 4 nitrogen and oxygen atoms in total. The van der Waals surface area contributed by atoms with E-state index < -0.39 is 11.7 Å². The topological polar surface area (TPSA) is 45.1 Å². The Morgan fingerprint density at radius 1 is 0.806 bits per heavy atom. The van der Waals surface area contributed by atoms with Crippen LogP contribution in [0, 0.1) is 5.92 Å². The number of methoxy groups -OCH3 is 1. The molecule has 5 rings (SSSR count). The molecule has 3 aromatic rings. The van der Waals surface area contributed by atoms with Crippen molar-refractivity contribution in [2.75, 3.05) is 12.1 Å². The molecular formula is C29H29F3N2O2. The lowest BCUT2D eigenvalue weighted by molar-refractivity contribution is -0.137. The molecular weight excluding hydrogens is 465 g/mol. The molecule has 188 valence electrons. The Balaban J connectivity index is 1.44. The number of rotatable bonds is 4. The fourth-order valence-corrected chi connectivity index (χ4v) is 5.29. The molecule has 3 aromatic carbocycles. The van der Waals surface area contributed by atoms with Gasteiger partial charge in [-0.1, -0.05) is 42.8 Å². The van der Waals surface area contributed by atoms with Crippen molar-refractivity contribution in [3.63, 3.8) is 0 Å². The largest absolute Gasteiger partial charge is 0.497 e. The predicted octanol–water partition coefficient (Wildman–Crippen LogP) is 6.92. The maximum absolute atomic E-state index is 12.9. The summed E-state index contributed by atoms with van der Waals surface area (Å²) >= 11 is 0. The van der Waals surface area contributed by atoms with Gasteiger partial charge in [-0.25, -0.2) is 0 Å². The molecule has 7 heteroatoms. The molecule has 1 N–H and O–H groups in total. The first-order chi connectivity index (χ1) is 17.3. The number of alkyl halides is 3. The molecule has 1 aliphatic carbocycles. The number of nitrogens with zero attached hydrogens (tertiary/aromatic N) is 2. The van der Waals surface area contributed by atoms with E-state index in [0.717, 1.165) is 78.1 Å². The summed E-state index contributed by atoms with van der Waals surface area (Å²) in [5, 5.41) is 17.5. The fraction of sp³-hybridized carbons (Fsp3) is 0.345. The summed E-state index contributed by atoms with van der Waals surface area (Å²) < 4.78 is 44.0. The van der Waals surface area contributed by atoms with E-state index in [9.17, 15) is 18.3 Å². The average molecular weight is 495 g/mol. The molecule has 0 amide bonds. The van der Waals surface area contributed by atoms with Crippen LogP contribution in [0.3, 0.4) is 0 Å². The van der Waals surface area contributed by atoms with Crippen molar-refractivity contribution >= 4 is 11.4 Å². The van der Waals surface area contributed by atoms with Gasteiger partial charge in [0.25, 0.3) is 0 Å². The molecule has 36 heavy (non-hydrogen) atoms. The lowest BCUT2D eigenvalue weighted by atomic mass is 9.81. The third-order valence-corrected chi connectivity index (χ3v) is 7.26. The van der Waals surface area contributed by atoms with Crippen LogP contribution in [0.1, 0.15) is 43.2 Å². The quantitative estimate of drug-likeness (QED) is 0.428. The van der Waals surface area contributed by atoms with Crippen molar-refractivity contribution in [3.05, 3.63) is 83.9 Å². The standard InChI is InChI=1S/C29H29F3N2O2/c1-36-25-16-13-23(14-17-25)34-27-18-15-24(35)3-2-4-26(27)28(33-34)21-7-5-19(6-8-21)20-9-11-22(12-10-20)29(30,31)32/h5-14,16-17,24,26-27,35H,2-4,15,18H2,1H3/t24?,26-,27-/m0/s1. The second-order valence-corrected chi connectivity index (χ2v) is 9.52. The third-order valence-electron chi connectivity index (χ3n) is 7.26. The van der Waals surface area contributed by atoms with Crippen LogP contribution in [0.15, 0.2) is 77.9 Å². The summed E-state index contributed by atoms with van der Waals surface area (Å²) in [5.41, 5.74) is 3.96. The first kappa shape index (κ1) is 24.4. The van der Waals surface area contributed by atoms with E-state index in [4.69, 9.17) is 9.84 Å². The van der Waals surface area contributed by atoms with Crippen molar-refractivity contribution in [1.29, 1.82) is 0 Å². The van der Waals surface area contributed by atoms with Crippen LogP contribution in [0.4, 0.5) is 18.9 Å². The van der Waals surface area contributed by atoms with Gasteiger partial charge < -0.3 is 9.84 Å². The Kier molecular flexibility index (Phi) is 6.75. The summed E-state index contributed by atoms with van der Waals surface area (Å²) in [7, 11) is 1.64. The molecule has 1 heterocycles. The minimum Gasteiger partial charge on any atom is -0.497 e. The molecule has 0 bridgehead atoms. The average Bonchev–Trinajstić information content (AvgIpc) is 3.23. The number of benzene rings is 3. The van der Waals surface area contributed by atoms with Gasteiger partial charge in [-0.05, 0) is 78.8 Å². The summed E-state index contributed by atoms with van der Waals surface area (Å²) in [4.78, 5) is 0. The van der Waals surface area contributed by atoms with Crippen LogP contribution < -0.4 is 9.75 Å². The van der Waals surface area contributed by atoms with E-state index in [1.54, 1.807) is 7.11 Å². The SMILES string of the molecule is COc1ccc(N2N=C(c3ccc(-c4ccc(C(F)(F)F)cc4)cc3)[C@H]3CCCC(O)CC[C@@H]32)cc1. The molecule has 3 atom stereocenters. The molecule has 0 aromatic heterocycles. The zero-order chi connectivity index (χ0) is 25.3. The van der Waals surface area contributed by atoms with Crippen molar-refractivity contribution in [2.45, 2.75) is 50.4 Å². The molecule has 1 fully saturated rings. The second kappa shape index (κ2) is 9.97. The van der Waals surface area contributed by atoms with Gasteiger partial charge >= 0.3 is 6.18 Å². The number of halogens is 3. The zero-order valence-electron chi connectivity index (χ0n) is 20.1. The monoisotopic (exact) mass is 494 g/mol. The Morgan fingerprint density at radius 2 is 1.42 bits per heavy atom. The summed E-state index contributed by atoms with van der Waals surface area (Å²) in [6.45, 7) is 0. The maximum atomic E-state index is 12.9. The summed E-state index contributed by atoms with van der Waals surface area (Å²) in [6, 6.07) is 21.2. The smallest absolute Gasteiger partial charge is 0.416 e. The predicted molar refractivity (Wildman–Crippen MR) is 135 cm³/mol. The van der Waals surface area contributed by atoms with Gasteiger partial charge in [-0.15, -0.1) is 0 Å². The van der Waals surface area contributed by atoms with E-state index in [0.29, 0.717) is 0 Å². The second-order valence-electron chi connectivity index (χ2n) is 9.52. The number of fused-ring (bicyclic) bond motifs is 1. The number of aliphatic hydroxyl groups excluding tert-OH is 1. The highest BCUT2D eigenvalue weighted by Crippen LogP contribution is 2.39. The van der Waals surface area contributed by atoms with Crippen LogP contribution in [-0.2, 0) is 6.18 Å². The van der Waals surface area contributed by atoms with Crippen LogP contribution in [0.25, 0.3) is 11.1 Å². The van der Waals surface area contributed by atoms with Crippen LogP contribution in [-0.4, -0.2) is 30.1 Å². The Labute approximate surface area is 209 Å². The minimum absolute atomic E-state index is 0.151. The highest BCUT2D eigenvalue weighted by Gasteiger charge is 2.39.